The third-order valence-corrected chi connectivity index (χ3v) is 18.9. The lowest BCUT2D eigenvalue weighted by atomic mass is 9.96. The number of amides is 1. The molecule has 19 heteroatoms. The normalized spacial score (nSPS) is 27.7. The zero-order chi connectivity index (χ0) is 67.5. The van der Waals surface area contributed by atoms with E-state index in [0.29, 0.717) is 12.8 Å². The van der Waals surface area contributed by atoms with Crippen molar-refractivity contribution >= 4 is 5.91 Å². The SMILES string of the molecule is CCCCCCCCCCCCCCCCCCC/C=C/CC/C=C/CC/C=C/C(O)C(COC1OC(CO)C(OC2OC(CO)C(OC3OC(CO)C(O)C(O)C3O)C(O)C2O)C(O)C1O)NC(=O)CCCCCCCCCCCCCCCCCCCCCCC. The number of nitrogens with one attached hydrogen (secondary N) is 1. The van der Waals surface area contributed by atoms with E-state index >= 15 is 0 Å². The fourth-order valence-electron chi connectivity index (χ4n) is 12.8. The molecule has 3 aliphatic heterocycles. The minimum atomic E-state index is -1.98. The minimum Gasteiger partial charge on any atom is -0.394 e. The van der Waals surface area contributed by atoms with Gasteiger partial charge in [-0.25, -0.2) is 0 Å². The topological polar surface area (TPSA) is 307 Å². The predicted molar refractivity (Wildman–Crippen MR) is 365 cm³/mol. The molecule has 0 radical (unpaired) electrons. The van der Waals surface area contributed by atoms with Crippen LogP contribution < -0.4 is 5.32 Å². The van der Waals surface area contributed by atoms with Crippen LogP contribution in [-0.4, -0.2) is 193 Å². The van der Waals surface area contributed by atoms with Crippen LogP contribution in [0, 0.1) is 0 Å². The molecule has 3 saturated heterocycles. The second-order valence-electron chi connectivity index (χ2n) is 27.1. The van der Waals surface area contributed by atoms with Gasteiger partial charge in [-0.3, -0.25) is 4.79 Å². The van der Waals surface area contributed by atoms with Gasteiger partial charge < -0.3 is 89.9 Å². The summed E-state index contributed by atoms with van der Waals surface area (Å²) in [5, 5.41) is 121. The molecule has 3 fully saturated rings. The number of hydrogen-bond donors (Lipinski definition) is 12. The van der Waals surface area contributed by atoms with Crippen molar-refractivity contribution in [1.29, 1.82) is 0 Å². The van der Waals surface area contributed by atoms with E-state index in [1.807, 2.05) is 6.08 Å². The van der Waals surface area contributed by atoms with Gasteiger partial charge in [0, 0.05) is 6.42 Å². The molecule has 12 N–H and O–H groups in total. The Hall–Kier alpha value is -1.99. The molecule has 3 rings (SSSR count). The molecule has 0 aromatic carbocycles. The van der Waals surface area contributed by atoms with Crippen molar-refractivity contribution in [2.75, 3.05) is 26.4 Å². The van der Waals surface area contributed by atoms with Gasteiger partial charge in [0.1, 0.15) is 73.2 Å². The number of ether oxygens (including phenoxy) is 6. The molecule has 17 unspecified atom stereocenters. The van der Waals surface area contributed by atoms with Crippen molar-refractivity contribution in [3.05, 3.63) is 36.5 Å². The molecule has 17 atom stereocenters. The maximum Gasteiger partial charge on any atom is 0.220 e. The highest BCUT2D eigenvalue weighted by Crippen LogP contribution is 2.33. The van der Waals surface area contributed by atoms with E-state index in [1.54, 1.807) is 6.08 Å². The molecule has 0 spiro atoms. The zero-order valence-electron chi connectivity index (χ0n) is 58.0. The van der Waals surface area contributed by atoms with Gasteiger partial charge in [0.25, 0.3) is 0 Å². The van der Waals surface area contributed by atoms with E-state index < -0.39 is 124 Å². The fourth-order valence-corrected chi connectivity index (χ4v) is 12.8. The Balaban J connectivity index is 1.43. The maximum atomic E-state index is 13.4. The zero-order valence-corrected chi connectivity index (χ0v) is 58.0. The Labute approximate surface area is 561 Å². The molecule has 1 amide bonds. The van der Waals surface area contributed by atoms with Gasteiger partial charge >= 0.3 is 0 Å². The average Bonchev–Trinajstić information content (AvgIpc) is 0.985. The number of allylic oxidation sites excluding steroid dienone is 5. The summed E-state index contributed by atoms with van der Waals surface area (Å²) in [5.41, 5.74) is 0. The number of hydrogen-bond acceptors (Lipinski definition) is 18. The summed E-state index contributed by atoms with van der Waals surface area (Å²) in [6, 6.07) is -0.995. The highest BCUT2D eigenvalue weighted by Gasteiger charge is 2.53. The van der Waals surface area contributed by atoms with Crippen LogP contribution in [0.5, 0.6) is 0 Å². The average molecular weight is 1330 g/mol. The standard InChI is InChI=1S/C74H137NO18/c1-3-5-7-9-11-13-15-17-19-21-23-25-26-27-28-29-30-32-33-35-37-39-41-43-45-47-49-51-58(79)57(75-62(80)52-50-48-46-44-42-40-38-36-34-31-24-22-20-18-16-14-12-10-8-6-4-2)56-88-72-68(86)65(83)70(60(54-77)90-72)93-74-69(87)66(84)71(61(55-78)91-74)92-73-67(85)64(82)63(81)59(53-76)89-73/h33,35,41,43,49,51,57-61,63-74,76-79,81-87H,3-32,34,36-40,42,44-48,50,52-56H2,1-2H3,(H,75,80)/b35-33+,43-41+,51-49+. The Bertz CT molecular complexity index is 1830. The third kappa shape index (κ3) is 37.1. The summed E-state index contributed by atoms with van der Waals surface area (Å²) < 4.78 is 34.4. The first-order valence-electron chi connectivity index (χ1n) is 37.7. The van der Waals surface area contributed by atoms with Crippen molar-refractivity contribution in [2.24, 2.45) is 0 Å². The van der Waals surface area contributed by atoms with E-state index in [-0.39, 0.29) is 18.9 Å². The van der Waals surface area contributed by atoms with E-state index in [2.05, 4.69) is 43.5 Å². The molecule has 93 heavy (non-hydrogen) atoms. The van der Waals surface area contributed by atoms with Gasteiger partial charge in [-0.2, -0.15) is 0 Å². The minimum absolute atomic E-state index is 0.236. The lowest BCUT2D eigenvalue weighted by molar-refractivity contribution is -0.379. The number of carbonyl (C=O) groups is 1. The van der Waals surface area contributed by atoms with E-state index in [9.17, 15) is 61.0 Å². The van der Waals surface area contributed by atoms with Crippen molar-refractivity contribution in [3.8, 4) is 0 Å². The van der Waals surface area contributed by atoms with Crippen LogP contribution in [0.1, 0.15) is 296 Å². The molecule has 3 aliphatic rings. The monoisotopic (exact) mass is 1330 g/mol. The van der Waals surface area contributed by atoms with Gasteiger partial charge in [0.15, 0.2) is 18.9 Å². The fraction of sp³-hybridized carbons (Fsp3) is 0.905. The van der Waals surface area contributed by atoms with Gasteiger partial charge in [-0.15, -0.1) is 0 Å². The number of unbranched alkanes of at least 4 members (excludes halogenated alkanes) is 39. The second kappa shape index (κ2) is 55.8. The summed E-state index contributed by atoms with van der Waals surface area (Å²) in [7, 11) is 0. The molecular weight excluding hydrogens is 1190 g/mol. The first kappa shape index (κ1) is 85.2. The van der Waals surface area contributed by atoms with Crippen LogP contribution in [0.25, 0.3) is 0 Å². The third-order valence-electron chi connectivity index (χ3n) is 18.9. The Kier molecular flexibility index (Phi) is 51.2. The predicted octanol–water partition coefficient (Wildman–Crippen LogP) is 11.2. The maximum absolute atomic E-state index is 13.4. The summed E-state index contributed by atoms with van der Waals surface area (Å²) in [6.45, 7) is 1.75. The van der Waals surface area contributed by atoms with Gasteiger partial charge in [-0.05, 0) is 44.9 Å². The molecule has 0 aromatic heterocycles. The second-order valence-corrected chi connectivity index (χ2v) is 27.1. The van der Waals surface area contributed by atoms with Crippen LogP contribution in [0.3, 0.4) is 0 Å². The lowest BCUT2D eigenvalue weighted by Gasteiger charge is -2.48. The van der Waals surface area contributed by atoms with E-state index in [4.69, 9.17) is 28.4 Å². The summed E-state index contributed by atoms with van der Waals surface area (Å²) in [6.07, 6.45) is 39.9. The van der Waals surface area contributed by atoms with E-state index in [0.717, 1.165) is 44.9 Å². The van der Waals surface area contributed by atoms with Gasteiger partial charge in [0.05, 0.1) is 38.6 Å². The largest absolute Gasteiger partial charge is 0.394 e. The molecule has 19 nitrogen and oxygen atoms in total. The Morgan fingerprint density at radius 1 is 0.376 bits per heavy atom. The molecule has 0 bridgehead atoms. The number of rotatable bonds is 59. The van der Waals surface area contributed by atoms with Crippen LogP contribution in [-0.2, 0) is 33.2 Å². The quantitative estimate of drug-likeness (QED) is 0.0199. The highest BCUT2D eigenvalue weighted by atomic mass is 16.8. The first-order chi connectivity index (χ1) is 45.3. The van der Waals surface area contributed by atoms with Crippen LogP contribution >= 0.6 is 0 Å². The molecule has 546 valence electrons. The van der Waals surface area contributed by atoms with Crippen LogP contribution in [0.2, 0.25) is 0 Å². The van der Waals surface area contributed by atoms with Crippen molar-refractivity contribution < 1.29 is 89.4 Å². The number of carbonyl (C=O) groups excluding carboxylic acids is 1. The summed E-state index contributed by atoms with van der Waals surface area (Å²) in [4.78, 5) is 13.4. The van der Waals surface area contributed by atoms with Gasteiger partial charge in [0.2, 0.25) is 5.91 Å². The summed E-state index contributed by atoms with van der Waals surface area (Å²) >= 11 is 0. The lowest BCUT2D eigenvalue weighted by Crippen LogP contribution is -2.66. The highest BCUT2D eigenvalue weighted by molar-refractivity contribution is 5.76. The molecule has 0 aromatic rings. The van der Waals surface area contributed by atoms with Crippen molar-refractivity contribution in [1.82, 2.24) is 5.32 Å². The Morgan fingerprint density at radius 2 is 0.688 bits per heavy atom. The number of aliphatic hydroxyl groups is 11. The van der Waals surface area contributed by atoms with Crippen LogP contribution in [0.4, 0.5) is 0 Å². The Morgan fingerprint density at radius 3 is 1.08 bits per heavy atom. The van der Waals surface area contributed by atoms with Crippen molar-refractivity contribution in [2.45, 2.75) is 401 Å². The van der Waals surface area contributed by atoms with Gasteiger partial charge in [-0.1, -0.05) is 281 Å². The van der Waals surface area contributed by atoms with Crippen LogP contribution in [0.15, 0.2) is 36.5 Å². The molecule has 0 aliphatic carbocycles. The smallest absolute Gasteiger partial charge is 0.220 e. The first-order valence-corrected chi connectivity index (χ1v) is 37.7. The molecular formula is C74H137NO18. The van der Waals surface area contributed by atoms with E-state index in [1.165, 1.54) is 218 Å². The summed E-state index contributed by atoms with van der Waals surface area (Å²) in [5.74, 6) is -0.284. The molecule has 3 heterocycles. The van der Waals surface area contributed by atoms with Crippen molar-refractivity contribution in [3.63, 3.8) is 0 Å². The number of aliphatic hydroxyl groups excluding tert-OH is 11. The molecule has 0 saturated carbocycles.